The molecule has 4 heteroatoms. The van der Waals surface area contributed by atoms with Gasteiger partial charge in [-0.15, -0.1) is 0 Å². The van der Waals surface area contributed by atoms with E-state index in [0.29, 0.717) is 6.04 Å². The Morgan fingerprint density at radius 1 is 1.53 bits per heavy atom. The summed E-state index contributed by atoms with van der Waals surface area (Å²) in [7, 11) is 1.95. The van der Waals surface area contributed by atoms with E-state index in [2.05, 4.69) is 5.32 Å². The maximum atomic E-state index is 12.1. The third-order valence-corrected chi connectivity index (χ3v) is 3.53. The molecule has 1 heterocycles. The van der Waals surface area contributed by atoms with Crippen molar-refractivity contribution in [2.24, 2.45) is 0 Å². The Labute approximate surface area is 114 Å². The number of ether oxygens (including phenoxy) is 1. The van der Waals surface area contributed by atoms with Crippen molar-refractivity contribution in [3.8, 4) is 5.75 Å². The average Bonchev–Trinajstić information content (AvgIpc) is 2.45. The smallest absolute Gasteiger partial charge is 0.260 e. The van der Waals surface area contributed by atoms with E-state index in [9.17, 15) is 4.79 Å². The maximum absolute atomic E-state index is 12.1. The summed E-state index contributed by atoms with van der Waals surface area (Å²) < 4.78 is 5.56. The monoisotopic (exact) mass is 262 g/mol. The second kappa shape index (κ2) is 6.57. The highest BCUT2D eigenvalue weighted by atomic mass is 16.5. The lowest BCUT2D eigenvalue weighted by atomic mass is 10.1. The molecule has 0 saturated carbocycles. The lowest BCUT2D eigenvalue weighted by Crippen LogP contribution is -2.48. The van der Waals surface area contributed by atoms with Crippen LogP contribution in [0.5, 0.6) is 5.75 Å². The molecule has 19 heavy (non-hydrogen) atoms. The summed E-state index contributed by atoms with van der Waals surface area (Å²) in [6.07, 6.45) is 2.20. The minimum Gasteiger partial charge on any atom is -0.484 e. The van der Waals surface area contributed by atoms with Crippen LogP contribution in [0.2, 0.25) is 0 Å². The molecule has 104 valence electrons. The molecule has 1 saturated heterocycles. The predicted octanol–water partition coefficient (Wildman–Crippen LogP) is 1.58. The van der Waals surface area contributed by atoms with Gasteiger partial charge in [0.05, 0.1) is 0 Å². The number of carbonyl (C=O) groups is 1. The van der Waals surface area contributed by atoms with Crippen molar-refractivity contribution >= 4 is 5.91 Å². The summed E-state index contributed by atoms with van der Waals surface area (Å²) in [4.78, 5) is 14.0. The Morgan fingerprint density at radius 3 is 3.11 bits per heavy atom. The molecule has 0 aliphatic carbocycles. The fourth-order valence-corrected chi connectivity index (χ4v) is 2.38. The molecule has 1 aliphatic rings. The number of nitrogens with zero attached hydrogens (tertiary/aromatic N) is 1. The van der Waals surface area contributed by atoms with Crippen LogP contribution in [0.1, 0.15) is 18.4 Å². The summed E-state index contributed by atoms with van der Waals surface area (Å²) in [5.41, 5.74) is 1.14. The Balaban J connectivity index is 1.84. The van der Waals surface area contributed by atoms with Gasteiger partial charge in [-0.25, -0.2) is 0 Å². The summed E-state index contributed by atoms with van der Waals surface area (Å²) in [5.74, 6) is 0.831. The van der Waals surface area contributed by atoms with Gasteiger partial charge in [0, 0.05) is 19.1 Å². The van der Waals surface area contributed by atoms with E-state index >= 15 is 0 Å². The number of aryl methyl sites for hydroxylation is 1. The van der Waals surface area contributed by atoms with E-state index in [0.717, 1.165) is 37.2 Å². The third-order valence-electron chi connectivity index (χ3n) is 3.53. The molecule has 1 unspecified atom stereocenters. The van der Waals surface area contributed by atoms with Crippen LogP contribution in [0.25, 0.3) is 0 Å². The lowest BCUT2D eigenvalue weighted by molar-refractivity contribution is -0.134. The molecule has 1 aromatic carbocycles. The topological polar surface area (TPSA) is 41.6 Å². The van der Waals surface area contributed by atoms with Gasteiger partial charge >= 0.3 is 0 Å². The zero-order chi connectivity index (χ0) is 13.7. The first-order valence-electron chi connectivity index (χ1n) is 6.83. The molecule has 1 aromatic rings. The van der Waals surface area contributed by atoms with Crippen molar-refractivity contribution < 1.29 is 9.53 Å². The highest BCUT2D eigenvalue weighted by Crippen LogP contribution is 2.14. The molecular weight excluding hydrogens is 240 g/mol. The number of carbonyl (C=O) groups excluding carboxylic acids is 1. The molecule has 1 atom stereocenters. The van der Waals surface area contributed by atoms with Crippen LogP contribution in [0, 0.1) is 6.92 Å². The van der Waals surface area contributed by atoms with Gasteiger partial charge in [-0.1, -0.05) is 12.1 Å². The maximum Gasteiger partial charge on any atom is 0.260 e. The summed E-state index contributed by atoms with van der Waals surface area (Å²) in [6.45, 7) is 3.76. The van der Waals surface area contributed by atoms with E-state index < -0.39 is 0 Å². The number of amides is 1. The van der Waals surface area contributed by atoms with Crippen LogP contribution in [0.15, 0.2) is 24.3 Å². The molecule has 0 aromatic heterocycles. The molecule has 1 N–H and O–H groups in total. The van der Waals surface area contributed by atoms with E-state index in [1.54, 1.807) is 0 Å². The fourth-order valence-electron chi connectivity index (χ4n) is 2.38. The van der Waals surface area contributed by atoms with E-state index in [1.807, 2.05) is 43.1 Å². The van der Waals surface area contributed by atoms with Gasteiger partial charge < -0.3 is 15.0 Å². The first-order valence-corrected chi connectivity index (χ1v) is 6.83. The number of likely N-dealkylation sites (N-methyl/N-ethyl adjacent to an activating group) is 1. The van der Waals surface area contributed by atoms with Crippen LogP contribution in [0.3, 0.4) is 0 Å². The molecule has 2 rings (SSSR count). The number of hydrogen-bond acceptors (Lipinski definition) is 3. The molecule has 0 radical (unpaired) electrons. The molecule has 4 nitrogen and oxygen atoms in total. The second-order valence-corrected chi connectivity index (χ2v) is 5.07. The largest absolute Gasteiger partial charge is 0.484 e. The van der Waals surface area contributed by atoms with Crippen molar-refractivity contribution in [1.82, 2.24) is 10.2 Å². The minimum absolute atomic E-state index is 0.0708. The molecular formula is C15H22N2O2. The predicted molar refractivity (Wildman–Crippen MR) is 75.3 cm³/mol. The van der Waals surface area contributed by atoms with Crippen molar-refractivity contribution in [3.05, 3.63) is 29.8 Å². The number of piperidine rings is 1. The normalized spacial score (nSPS) is 19.3. The first-order chi connectivity index (χ1) is 9.19. The van der Waals surface area contributed by atoms with Gasteiger partial charge in [-0.2, -0.15) is 0 Å². The molecule has 1 aliphatic heterocycles. The number of likely N-dealkylation sites (tertiary alicyclic amines) is 1. The van der Waals surface area contributed by atoms with Crippen LogP contribution >= 0.6 is 0 Å². The Hall–Kier alpha value is -1.55. The summed E-state index contributed by atoms with van der Waals surface area (Å²) >= 11 is 0. The van der Waals surface area contributed by atoms with Crippen molar-refractivity contribution in [3.63, 3.8) is 0 Å². The highest BCUT2D eigenvalue weighted by molar-refractivity contribution is 5.77. The number of hydrogen-bond donors (Lipinski definition) is 1. The van der Waals surface area contributed by atoms with Crippen LogP contribution in [0.4, 0.5) is 0 Å². The number of rotatable bonds is 4. The molecule has 0 spiro atoms. The molecule has 0 bridgehead atoms. The Bertz CT molecular complexity index is 434. The zero-order valence-corrected chi connectivity index (χ0v) is 11.7. The van der Waals surface area contributed by atoms with E-state index in [1.165, 1.54) is 0 Å². The van der Waals surface area contributed by atoms with Crippen molar-refractivity contribution in [1.29, 1.82) is 0 Å². The molecule has 1 amide bonds. The third kappa shape index (κ3) is 3.96. The Kier molecular flexibility index (Phi) is 4.80. The zero-order valence-electron chi connectivity index (χ0n) is 11.7. The van der Waals surface area contributed by atoms with E-state index in [4.69, 9.17) is 4.74 Å². The Morgan fingerprint density at radius 2 is 2.37 bits per heavy atom. The molecule has 1 fully saturated rings. The van der Waals surface area contributed by atoms with Gasteiger partial charge in [0.1, 0.15) is 5.75 Å². The number of nitrogens with one attached hydrogen (secondary N) is 1. The second-order valence-electron chi connectivity index (χ2n) is 5.07. The average molecular weight is 262 g/mol. The van der Waals surface area contributed by atoms with Gasteiger partial charge in [0.15, 0.2) is 6.61 Å². The highest BCUT2D eigenvalue weighted by Gasteiger charge is 2.22. The van der Waals surface area contributed by atoms with Gasteiger partial charge in [-0.05, 0) is 44.5 Å². The van der Waals surface area contributed by atoms with Gasteiger partial charge in [0.25, 0.3) is 5.91 Å². The van der Waals surface area contributed by atoms with E-state index in [-0.39, 0.29) is 12.5 Å². The standard InChI is InChI=1S/C15H22N2O2/c1-12-5-3-7-14(9-12)19-11-15(18)17-8-4-6-13(10-17)16-2/h3,5,7,9,13,16H,4,6,8,10-11H2,1-2H3. The van der Waals surface area contributed by atoms with Gasteiger partial charge in [0.2, 0.25) is 0 Å². The number of benzene rings is 1. The fraction of sp³-hybridized carbons (Fsp3) is 0.533. The summed E-state index contributed by atoms with van der Waals surface area (Å²) in [6, 6.07) is 8.19. The van der Waals surface area contributed by atoms with Crippen molar-refractivity contribution in [2.75, 3.05) is 26.7 Å². The summed E-state index contributed by atoms with van der Waals surface area (Å²) in [5, 5.41) is 3.24. The van der Waals surface area contributed by atoms with Gasteiger partial charge in [-0.3, -0.25) is 4.79 Å². The lowest BCUT2D eigenvalue weighted by Gasteiger charge is -2.32. The van der Waals surface area contributed by atoms with Crippen LogP contribution in [-0.2, 0) is 4.79 Å². The quantitative estimate of drug-likeness (QED) is 0.896. The van der Waals surface area contributed by atoms with Crippen LogP contribution in [-0.4, -0.2) is 43.6 Å². The minimum atomic E-state index is 0.0708. The SMILES string of the molecule is CNC1CCCN(C(=O)COc2cccc(C)c2)C1. The van der Waals surface area contributed by atoms with Crippen molar-refractivity contribution in [2.45, 2.75) is 25.8 Å². The first kappa shape index (κ1) is 13.9. The van der Waals surface area contributed by atoms with Crippen LogP contribution < -0.4 is 10.1 Å².